The van der Waals surface area contributed by atoms with Crippen molar-refractivity contribution in [1.82, 2.24) is 4.90 Å². The maximum Gasteiger partial charge on any atom is 0.410 e. The van der Waals surface area contributed by atoms with E-state index in [1.807, 2.05) is 32.9 Å². The molecule has 0 bridgehead atoms. The fourth-order valence-corrected chi connectivity index (χ4v) is 3.92. The third kappa shape index (κ3) is 3.24. The minimum Gasteiger partial charge on any atom is -0.465 e. The Kier molecular flexibility index (Phi) is 4.41. The van der Waals surface area contributed by atoms with E-state index in [1.165, 1.54) is 7.11 Å². The number of amides is 1. The number of esters is 1. The van der Waals surface area contributed by atoms with Crippen LogP contribution in [0.1, 0.15) is 56.1 Å². The maximum atomic E-state index is 12.5. The Morgan fingerprint density at radius 2 is 1.85 bits per heavy atom. The van der Waals surface area contributed by atoms with Crippen LogP contribution in [0.2, 0.25) is 0 Å². The largest absolute Gasteiger partial charge is 0.465 e. The molecule has 1 aromatic rings. The van der Waals surface area contributed by atoms with Crippen LogP contribution in [0.3, 0.4) is 0 Å². The van der Waals surface area contributed by atoms with Crippen LogP contribution in [-0.4, -0.2) is 49.3 Å². The van der Waals surface area contributed by atoms with Crippen molar-refractivity contribution in [2.24, 2.45) is 0 Å². The average molecular weight is 360 g/mol. The third-order valence-corrected chi connectivity index (χ3v) is 4.90. The van der Waals surface area contributed by atoms with Gasteiger partial charge in [-0.15, -0.1) is 0 Å². The summed E-state index contributed by atoms with van der Waals surface area (Å²) in [6.45, 7) is 12.5. The van der Waals surface area contributed by atoms with Gasteiger partial charge in [0.25, 0.3) is 0 Å². The molecule has 0 saturated carbocycles. The minimum absolute atomic E-state index is 0.150. The quantitative estimate of drug-likeness (QED) is 0.719. The predicted molar refractivity (Wildman–Crippen MR) is 99.7 cm³/mol. The van der Waals surface area contributed by atoms with E-state index in [-0.39, 0.29) is 17.5 Å². The lowest BCUT2D eigenvalue weighted by atomic mass is 9.82. The van der Waals surface area contributed by atoms with Gasteiger partial charge in [0.15, 0.2) is 0 Å². The fourth-order valence-electron chi connectivity index (χ4n) is 3.92. The molecule has 3 rings (SSSR count). The van der Waals surface area contributed by atoms with Gasteiger partial charge in [-0.3, -0.25) is 0 Å². The lowest BCUT2D eigenvalue weighted by Gasteiger charge is -2.28. The molecular weight excluding hydrogens is 332 g/mol. The second-order valence-corrected chi connectivity index (χ2v) is 8.69. The standard InChI is InChI=1S/C20H28N2O4/c1-19(2,3)26-18(24)21-9-10-22-12-20(4,5)15-14(17(23)25-6)8-7-13(11-21)16(15)22/h7-8H,9-12H2,1-6H3. The van der Waals surface area contributed by atoms with Crippen molar-refractivity contribution in [3.05, 3.63) is 28.8 Å². The molecule has 142 valence electrons. The van der Waals surface area contributed by atoms with Gasteiger partial charge < -0.3 is 19.3 Å². The molecule has 1 aromatic carbocycles. The second kappa shape index (κ2) is 6.18. The van der Waals surface area contributed by atoms with E-state index >= 15 is 0 Å². The summed E-state index contributed by atoms with van der Waals surface area (Å²) < 4.78 is 10.5. The molecule has 2 heterocycles. The molecule has 0 aliphatic carbocycles. The number of anilines is 1. The third-order valence-electron chi connectivity index (χ3n) is 4.90. The van der Waals surface area contributed by atoms with Gasteiger partial charge in [0.1, 0.15) is 5.60 Å². The fraction of sp³-hybridized carbons (Fsp3) is 0.600. The van der Waals surface area contributed by atoms with E-state index in [1.54, 1.807) is 4.90 Å². The molecule has 26 heavy (non-hydrogen) atoms. The van der Waals surface area contributed by atoms with Crippen molar-refractivity contribution < 1.29 is 19.1 Å². The van der Waals surface area contributed by atoms with Gasteiger partial charge in [0.05, 0.1) is 19.2 Å². The monoisotopic (exact) mass is 360 g/mol. The van der Waals surface area contributed by atoms with Gasteiger partial charge in [-0.1, -0.05) is 19.9 Å². The number of nitrogens with zero attached hydrogens (tertiary/aromatic N) is 2. The predicted octanol–water partition coefficient (Wildman–Crippen LogP) is 3.32. The van der Waals surface area contributed by atoms with E-state index in [9.17, 15) is 9.59 Å². The van der Waals surface area contributed by atoms with Crippen LogP contribution in [0.5, 0.6) is 0 Å². The van der Waals surface area contributed by atoms with Gasteiger partial charge in [-0.2, -0.15) is 0 Å². The van der Waals surface area contributed by atoms with Crippen LogP contribution < -0.4 is 4.90 Å². The molecule has 0 fully saturated rings. The number of benzene rings is 1. The van der Waals surface area contributed by atoms with Crippen molar-refractivity contribution in [3.8, 4) is 0 Å². The molecule has 0 unspecified atom stereocenters. The highest BCUT2D eigenvalue weighted by Gasteiger charge is 2.42. The van der Waals surface area contributed by atoms with Crippen molar-refractivity contribution in [1.29, 1.82) is 0 Å². The smallest absolute Gasteiger partial charge is 0.410 e. The lowest BCUT2D eigenvalue weighted by molar-refractivity contribution is 0.0242. The lowest BCUT2D eigenvalue weighted by Crippen LogP contribution is -2.40. The van der Waals surface area contributed by atoms with Gasteiger partial charge in [0, 0.05) is 30.7 Å². The Balaban J connectivity index is 2.01. The summed E-state index contributed by atoms with van der Waals surface area (Å²) in [7, 11) is 1.41. The number of ether oxygens (including phenoxy) is 2. The highest BCUT2D eigenvalue weighted by Crippen LogP contribution is 2.46. The van der Waals surface area contributed by atoms with E-state index in [0.29, 0.717) is 25.2 Å². The molecule has 2 aliphatic rings. The molecule has 0 atom stereocenters. The first-order chi connectivity index (χ1) is 12.0. The zero-order valence-corrected chi connectivity index (χ0v) is 16.5. The first-order valence-electron chi connectivity index (χ1n) is 9.01. The summed E-state index contributed by atoms with van der Waals surface area (Å²) in [6.07, 6.45) is -0.302. The van der Waals surface area contributed by atoms with Gasteiger partial charge in [-0.25, -0.2) is 9.59 Å². The summed E-state index contributed by atoms with van der Waals surface area (Å²) in [5.41, 5.74) is 3.08. The first-order valence-corrected chi connectivity index (χ1v) is 9.01. The van der Waals surface area contributed by atoms with Crippen LogP contribution in [0.4, 0.5) is 10.5 Å². The summed E-state index contributed by atoms with van der Waals surface area (Å²) in [5.74, 6) is -0.314. The van der Waals surface area contributed by atoms with Crippen LogP contribution >= 0.6 is 0 Å². The Bertz CT molecular complexity index is 749. The molecule has 0 spiro atoms. The first kappa shape index (κ1) is 18.5. The van der Waals surface area contributed by atoms with Gasteiger partial charge in [-0.05, 0) is 38.0 Å². The van der Waals surface area contributed by atoms with Crippen LogP contribution in [0, 0.1) is 0 Å². The molecule has 0 N–H and O–H groups in total. The summed E-state index contributed by atoms with van der Waals surface area (Å²) in [4.78, 5) is 28.8. The molecule has 2 aliphatic heterocycles. The number of carbonyl (C=O) groups excluding carboxylic acids is 2. The molecule has 0 saturated heterocycles. The highest BCUT2D eigenvalue weighted by atomic mass is 16.6. The molecule has 6 heteroatoms. The molecule has 6 nitrogen and oxygen atoms in total. The van der Waals surface area contributed by atoms with Crippen molar-refractivity contribution in [2.75, 3.05) is 31.6 Å². The summed E-state index contributed by atoms with van der Waals surface area (Å²) in [6, 6.07) is 3.76. The summed E-state index contributed by atoms with van der Waals surface area (Å²) >= 11 is 0. The second-order valence-electron chi connectivity index (χ2n) is 8.69. The Hall–Kier alpha value is -2.24. The Labute approximate surface area is 155 Å². The normalized spacial score (nSPS) is 18.2. The van der Waals surface area contributed by atoms with E-state index in [0.717, 1.165) is 23.4 Å². The number of hydrogen-bond acceptors (Lipinski definition) is 5. The van der Waals surface area contributed by atoms with Crippen molar-refractivity contribution >= 4 is 17.7 Å². The Morgan fingerprint density at radius 3 is 2.46 bits per heavy atom. The van der Waals surface area contributed by atoms with Crippen LogP contribution in [-0.2, 0) is 21.4 Å². The average Bonchev–Trinajstić information content (AvgIpc) is 2.69. The maximum absolute atomic E-state index is 12.5. The van der Waals surface area contributed by atoms with Gasteiger partial charge in [0.2, 0.25) is 0 Å². The molecule has 0 radical (unpaired) electrons. The van der Waals surface area contributed by atoms with Crippen molar-refractivity contribution in [2.45, 2.75) is 52.2 Å². The Morgan fingerprint density at radius 1 is 1.15 bits per heavy atom. The van der Waals surface area contributed by atoms with E-state index < -0.39 is 5.60 Å². The number of carbonyl (C=O) groups is 2. The minimum atomic E-state index is -0.523. The van der Waals surface area contributed by atoms with E-state index in [2.05, 4.69) is 18.7 Å². The molecule has 1 amide bonds. The zero-order valence-electron chi connectivity index (χ0n) is 16.5. The topological polar surface area (TPSA) is 59.1 Å². The number of methoxy groups -OCH3 is 1. The highest BCUT2D eigenvalue weighted by molar-refractivity contribution is 5.95. The molecule has 0 aromatic heterocycles. The summed E-state index contributed by atoms with van der Waals surface area (Å²) in [5, 5.41) is 0. The van der Waals surface area contributed by atoms with Gasteiger partial charge >= 0.3 is 12.1 Å². The number of rotatable bonds is 1. The van der Waals surface area contributed by atoms with Crippen LogP contribution in [0.15, 0.2) is 12.1 Å². The molecular formula is C20H28N2O4. The SMILES string of the molecule is COC(=O)c1ccc2c3c1C(C)(C)CN3CCN(C(=O)OC(C)(C)C)C2. The van der Waals surface area contributed by atoms with Crippen molar-refractivity contribution in [3.63, 3.8) is 0 Å². The van der Waals surface area contributed by atoms with Crippen LogP contribution in [0.25, 0.3) is 0 Å². The number of hydrogen-bond donors (Lipinski definition) is 0. The zero-order chi connectivity index (χ0) is 19.3. The van der Waals surface area contributed by atoms with E-state index in [4.69, 9.17) is 9.47 Å².